The topological polar surface area (TPSA) is 95.9 Å². The summed E-state index contributed by atoms with van der Waals surface area (Å²) in [7, 11) is 0. The van der Waals surface area contributed by atoms with Crippen LogP contribution in [0, 0.1) is 11.8 Å². The molecule has 1 aliphatic rings. The fourth-order valence-electron chi connectivity index (χ4n) is 3.66. The van der Waals surface area contributed by atoms with Crippen LogP contribution >= 0.6 is 11.5 Å². The molecule has 3 rings (SSSR count). The maximum Gasteiger partial charge on any atom is 0.330 e. The first-order valence-corrected chi connectivity index (χ1v) is 11.9. The maximum absolute atomic E-state index is 12.6. The number of carbonyl (C=O) groups excluding carboxylic acids is 2. The lowest BCUT2D eigenvalue weighted by Gasteiger charge is -2.27. The van der Waals surface area contributed by atoms with E-state index >= 15 is 0 Å². The van der Waals surface area contributed by atoms with Gasteiger partial charge in [0.05, 0.1) is 5.69 Å². The molecular formula is C23H31N5O3S. The molecule has 0 atom stereocenters. The van der Waals surface area contributed by atoms with E-state index in [1.54, 1.807) is 37.3 Å². The third-order valence-corrected chi connectivity index (χ3v) is 6.12. The Morgan fingerprint density at radius 1 is 1.19 bits per heavy atom. The highest BCUT2D eigenvalue weighted by Gasteiger charge is 2.20. The molecule has 8 nitrogen and oxygen atoms in total. The number of rotatable bonds is 6. The van der Waals surface area contributed by atoms with Crippen molar-refractivity contribution in [2.24, 2.45) is 16.8 Å². The largest absolute Gasteiger partial charge is 0.438 e. The average Bonchev–Trinajstić information content (AvgIpc) is 3.28. The summed E-state index contributed by atoms with van der Waals surface area (Å²) in [5, 5.41) is 7.90. The number of hydrogen-bond donors (Lipinski definition) is 2. The highest BCUT2D eigenvalue weighted by Crippen LogP contribution is 2.28. The summed E-state index contributed by atoms with van der Waals surface area (Å²) in [6.07, 6.45) is 4.76. The van der Waals surface area contributed by atoms with Crippen molar-refractivity contribution in [1.82, 2.24) is 19.9 Å². The molecule has 2 aromatic rings. The number of amides is 3. The third kappa shape index (κ3) is 7.05. The minimum absolute atomic E-state index is 0.289. The van der Waals surface area contributed by atoms with Crippen molar-refractivity contribution in [2.45, 2.75) is 46.5 Å². The zero-order valence-electron chi connectivity index (χ0n) is 18.8. The molecule has 1 heterocycles. The predicted molar refractivity (Wildman–Crippen MR) is 126 cm³/mol. The summed E-state index contributed by atoms with van der Waals surface area (Å²) in [4.78, 5) is 30.1. The van der Waals surface area contributed by atoms with Gasteiger partial charge in [0.25, 0.3) is 0 Å². The first-order chi connectivity index (χ1) is 15.4. The molecule has 1 fully saturated rings. The van der Waals surface area contributed by atoms with E-state index in [0.29, 0.717) is 29.2 Å². The lowest BCUT2D eigenvalue weighted by atomic mass is 9.83. The van der Waals surface area contributed by atoms with E-state index in [4.69, 9.17) is 4.74 Å². The smallest absolute Gasteiger partial charge is 0.330 e. The summed E-state index contributed by atoms with van der Waals surface area (Å²) in [6, 6.07) is 8.52. The van der Waals surface area contributed by atoms with Gasteiger partial charge < -0.3 is 10.1 Å². The molecule has 0 saturated heterocycles. The Kier molecular flexibility index (Phi) is 8.61. The summed E-state index contributed by atoms with van der Waals surface area (Å²) >= 11 is 1.33. The molecule has 3 amide bonds. The number of ether oxygens (including phenoxy) is 1. The molecular weight excluding hydrogens is 426 g/mol. The van der Waals surface area contributed by atoms with Crippen LogP contribution in [0.15, 0.2) is 40.7 Å². The first-order valence-electron chi connectivity index (χ1n) is 11.0. The highest BCUT2D eigenvalue weighted by atomic mass is 32.1. The number of nitrogens with zero attached hydrogens (tertiary/aromatic N) is 3. The zero-order valence-corrected chi connectivity index (χ0v) is 19.7. The van der Waals surface area contributed by atoms with E-state index in [-0.39, 0.29) is 12.5 Å². The van der Waals surface area contributed by atoms with Gasteiger partial charge in [-0.1, -0.05) is 19.8 Å². The van der Waals surface area contributed by atoms with Crippen LogP contribution in [0.25, 0.3) is 0 Å². The van der Waals surface area contributed by atoms with Gasteiger partial charge in [0.2, 0.25) is 17.7 Å². The number of aliphatic imine (C=N–C) groups is 1. The Hall–Kier alpha value is -2.94. The Bertz CT molecular complexity index is 906. The molecule has 2 N–H and O–H groups in total. The van der Waals surface area contributed by atoms with E-state index in [1.165, 1.54) is 31.3 Å². The Morgan fingerprint density at radius 2 is 1.91 bits per heavy atom. The van der Waals surface area contributed by atoms with Crippen LogP contribution in [0.5, 0.6) is 11.6 Å². The number of imide groups is 1. The molecule has 0 bridgehead atoms. The van der Waals surface area contributed by atoms with E-state index in [0.717, 1.165) is 30.2 Å². The number of guanidine groups is 1. The molecule has 1 aromatic heterocycles. The molecule has 1 saturated carbocycles. The van der Waals surface area contributed by atoms with Crippen molar-refractivity contribution in [3.8, 4) is 11.6 Å². The summed E-state index contributed by atoms with van der Waals surface area (Å²) < 4.78 is 9.80. The van der Waals surface area contributed by atoms with E-state index in [9.17, 15) is 9.59 Å². The second kappa shape index (κ2) is 11.6. The minimum Gasteiger partial charge on any atom is -0.438 e. The predicted octanol–water partition coefficient (Wildman–Crippen LogP) is 4.92. The van der Waals surface area contributed by atoms with Gasteiger partial charge in [0, 0.05) is 31.5 Å². The van der Waals surface area contributed by atoms with Gasteiger partial charge in [0.1, 0.15) is 5.75 Å². The van der Waals surface area contributed by atoms with Gasteiger partial charge in [-0.05, 0) is 67.4 Å². The van der Waals surface area contributed by atoms with Crippen LogP contribution in [0.2, 0.25) is 0 Å². The lowest BCUT2D eigenvalue weighted by Crippen LogP contribution is -2.50. The van der Waals surface area contributed by atoms with Crippen LogP contribution in [0.4, 0.5) is 10.5 Å². The standard InChI is InChI=1S/C23H31N5O3S/c1-4-28(17(3)29)23(30)26-22(24-15-18-7-5-16(2)6-8-18)25-19-9-11-20(12-10-19)31-21-13-14-32-27-21/h9-14,16,18H,4-8,15H2,1-3H3,(H2,24,25,26,30)/t16-,18-. The van der Waals surface area contributed by atoms with Crippen LogP contribution in [0.3, 0.4) is 0 Å². The molecule has 0 unspecified atom stereocenters. The molecule has 1 aliphatic carbocycles. The number of urea groups is 1. The molecule has 9 heteroatoms. The van der Waals surface area contributed by atoms with Crippen molar-refractivity contribution < 1.29 is 14.3 Å². The second-order valence-corrected chi connectivity index (χ2v) is 8.76. The fraction of sp³-hybridized carbons (Fsp3) is 0.478. The average molecular weight is 458 g/mol. The van der Waals surface area contributed by atoms with Crippen molar-refractivity contribution in [3.63, 3.8) is 0 Å². The van der Waals surface area contributed by atoms with Gasteiger partial charge in [-0.2, -0.15) is 4.37 Å². The Morgan fingerprint density at radius 3 is 2.50 bits per heavy atom. The minimum atomic E-state index is -0.494. The van der Waals surface area contributed by atoms with Gasteiger partial charge in [-0.3, -0.25) is 15.0 Å². The van der Waals surface area contributed by atoms with Crippen molar-refractivity contribution >= 4 is 35.1 Å². The molecule has 0 spiro atoms. The highest BCUT2D eigenvalue weighted by molar-refractivity contribution is 7.03. The van der Waals surface area contributed by atoms with Crippen molar-refractivity contribution in [3.05, 3.63) is 35.7 Å². The molecule has 0 radical (unpaired) electrons. The molecule has 32 heavy (non-hydrogen) atoms. The van der Waals surface area contributed by atoms with Gasteiger partial charge in [0.15, 0.2) is 0 Å². The quantitative estimate of drug-likeness (QED) is 0.474. The molecule has 1 aromatic carbocycles. The van der Waals surface area contributed by atoms with Gasteiger partial charge in [-0.15, -0.1) is 0 Å². The van der Waals surface area contributed by atoms with E-state index in [1.807, 2.05) is 5.38 Å². The van der Waals surface area contributed by atoms with Crippen LogP contribution < -0.4 is 15.4 Å². The zero-order chi connectivity index (χ0) is 22.9. The molecule has 172 valence electrons. The molecule has 0 aliphatic heterocycles. The Balaban J connectivity index is 1.70. The number of aromatic nitrogens is 1. The number of hydrogen-bond acceptors (Lipinski definition) is 6. The van der Waals surface area contributed by atoms with Gasteiger partial charge in [-0.25, -0.2) is 9.79 Å². The first kappa shape index (κ1) is 23.7. The SMILES string of the molecule is CCN(C(C)=O)C(=O)N/C(=N\c1ccc(Oc2ccsn2)cc1)NC[C@H]1CC[C@H](C)CC1. The van der Waals surface area contributed by atoms with Crippen LogP contribution in [-0.2, 0) is 4.79 Å². The van der Waals surface area contributed by atoms with Crippen molar-refractivity contribution in [1.29, 1.82) is 0 Å². The lowest BCUT2D eigenvalue weighted by molar-refractivity contribution is -0.125. The van der Waals surface area contributed by atoms with Crippen LogP contribution in [0.1, 0.15) is 46.5 Å². The second-order valence-electron chi connectivity index (χ2n) is 8.09. The summed E-state index contributed by atoms with van der Waals surface area (Å²) in [5.74, 6) is 2.54. The Labute approximate surface area is 193 Å². The normalized spacial score (nSPS) is 18.7. The number of benzene rings is 1. The van der Waals surface area contributed by atoms with E-state index < -0.39 is 6.03 Å². The number of carbonyl (C=O) groups is 2. The third-order valence-electron chi connectivity index (χ3n) is 5.57. The van der Waals surface area contributed by atoms with E-state index in [2.05, 4.69) is 26.9 Å². The summed E-state index contributed by atoms with van der Waals surface area (Å²) in [6.45, 7) is 6.44. The van der Waals surface area contributed by atoms with Crippen LogP contribution in [-0.4, -0.2) is 40.3 Å². The van der Waals surface area contributed by atoms with Gasteiger partial charge >= 0.3 is 6.03 Å². The monoisotopic (exact) mass is 457 g/mol. The number of nitrogens with one attached hydrogen (secondary N) is 2. The fourth-order valence-corrected chi connectivity index (χ4v) is 4.10. The van der Waals surface area contributed by atoms with Crippen molar-refractivity contribution in [2.75, 3.05) is 13.1 Å². The maximum atomic E-state index is 12.6. The summed E-state index contributed by atoms with van der Waals surface area (Å²) in [5.41, 5.74) is 0.654.